The van der Waals surface area contributed by atoms with Crippen molar-refractivity contribution in [2.75, 3.05) is 11.9 Å². The SMILES string of the molecule is CCCCCCCCCCNc1ccccc1OC(C)C. The molecule has 0 aromatic heterocycles. The van der Waals surface area contributed by atoms with Gasteiger partial charge in [0.05, 0.1) is 11.8 Å². The van der Waals surface area contributed by atoms with Gasteiger partial charge in [0.2, 0.25) is 0 Å². The van der Waals surface area contributed by atoms with E-state index in [-0.39, 0.29) is 6.10 Å². The Labute approximate surface area is 131 Å². The van der Waals surface area contributed by atoms with E-state index in [0.717, 1.165) is 18.0 Å². The van der Waals surface area contributed by atoms with E-state index >= 15 is 0 Å². The summed E-state index contributed by atoms with van der Waals surface area (Å²) in [6.07, 6.45) is 11.1. The molecule has 120 valence electrons. The highest BCUT2D eigenvalue weighted by atomic mass is 16.5. The molecule has 0 spiro atoms. The van der Waals surface area contributed by atoms with Gasteiger partial charge in [0.1, 0.15) is 5.75 Å². The predicted molar refractivity (Wildman–Crippen MR) is 93.3 cm³/mol. The van der Waals surface area contributed by atoms with Crippen LogP contribution < -0.4 is 10.1 Å². The molecule has 0 heterocycles. The van der Waals surface area contributed by atoms with Crippen molar-refractivity contribution in [3.63, 3.8) is 0 Å². The standard InChI is InChI=1S/C19H33NO/c1-4-5-6-7-8-9-10-13-16-20-18-14-11-12-15-19(18)21-17(2)3/h11-12,14-15,17,20H,4-10,13,16H2,1-3H3. The molecule has 1 N–H and O–H groups in total. The lowest BCUT2D eigenvalue weighted by molar-refractivity contribution is 0.243. The van der Waals surface area contributed by atoms with E-state index in [1.807, 2.05) is 12.1 Å². The van der Waals surface area contributed by atoms with E-state index in [2.05, 4.69) is 38.2 Å². The van der Waals surface area contributed by atoms with Crippen LogP contribution in [0, 0.1) is 0 Å². The fraction of sp³-hybridized carbons (Fsp3) is 0.684. The number of rotatable bonds is 12. The van der Waals surface area contributed by atoms with Crippen LogP contribution in [0.4, 0.5) is 5.69 Å². The van der Waals surface area contributed by atoms with E-state index < -0.39 is 0 Å². The molecule has 1 aromatic carbocycles. The van der Waals surface area contributed by atoms with Gasteiger partial charge in [0, 0.05) is 6.54 Å². The molecule has 0 bridgehead atoms. The van der Waals surface area contributed by atoms with Gasteiger partial charge in [-0.1, -0.05) is 64.0 Å². The van der Waals surface area contributed by atoms with E-state index in [4.69, 9.17) is 4.74 Å². The van der Waals surface area contributed by atoms with Gasteiger partial charge in [-0.2, -0.15) is 0 Å². The van der Waals surface area contributed by atoms with Gasteiger partial charge in [0.25, 0.3) is 0 Å². The Morgan fingerprint density at radius 3 is 2.19 bits per heavy atom. The summed E-state index contributed by atoms with van der Waals surface area (Å²) in [6, 6.07) is 8.22. The molecule has 0 aliphatic rings. The largest absolute Gasteiger partial charge is 0.489 e. The van der Waals surface area contributed by atoms with Crippen molar-refractivity contribution in [3.8, 4) is 5.75 Å². The molecule has 0 saturated heterocycles. The Morgan fingerprint density at radius 1 is 0.905 bits per heavy atom. The van der Waals surface area contributed by atoms with Crippen molar-refractivity contribution in [3.05, 3.63) is 24.3 Å². The minimum atomic E-state index is 0.219. The molecular weight excluding hydrogens is 258 g/mol. The Morgan fingerprint density at radius 2 is 1.52 bits per heavy atom. The number of benzene rings is 1. The maximum absolute atomic E-state index is 5.82. The summed E-state index contributed by atoms with van der Waals surface area (Å²) in [5, 5.41) is 3.50. The van der Waals surface area contributed by atoms with Crippen molar-refractivity contribution in [1.29, 1.82) is 0 Å². The molecule has 2 heteroatoms. The maximum Gasteiger partial charge on any atom is 0.142 e. The average molecular weight is 291 g/mol. The van der Waals surface area contributed by atoms with Crippen LogP contribution in [0.1, 0.15) is 72.1 Å². The summed E-state index contributed by atoms with van der Waals surface area (Å²) in [6.45, 7) is 7.44. The summed E-state index contributed by atoms with van der Waals surface area (Å²) in [7, 11) is 0. The number of ether oxygens (including phenoxy) is 1. The summed E-state index contributed by atoms with van der Waals surface area (Å²) in [5.41, 5.74) is 1.12. The third-order valence-corrected chi connectivity index (χ3v) is 3.60. The number of hydrogen-bond acceptors (Lipinski definition) is 2. The molecule has 0 amide bonds. The van der Waals surface area contributed by atoms with Gasteiger partial charge in [-0.3, -0.25) is 0 Å². The first-order chi connectivity index (χ1) is 10.2. The fourth-order valence-electron chi connectivity index (χ4n) is 2.45. The lowest BCUT2D eigenvalue weighted by Gasteiger charge is -2.15. The highest BCUT2D eigenvalue weighted by Gasteiger charge is 2.03. The smallest absolute Gasteiger partial charge is 0.142 e. The highest BCUT2D eigenvalue weighted by Crippen LogP contribution is 2.24. The van der Waals surface area contributed by atoms with Gasteiger partial charge in [-0.25, -0.2) is 0 Å². The van der Waals surface area contributed by atoms with Gasteiger partial charge in [0.15, 0.2) is 0 Å². The van der Waals surface area contributed by atoms with E-state index in [0.29, 0.717) is 0 Å². The minimum absolute atomic E-state index is 0.219. The molecule has 0 radical (unpaired) electrons. The highest BCUT2D eigenvalue weighted by molar-refractivity contribution is 5.56. The summed E-state index contributed by atoms with van der Waals surface area (Å²) < 4.78 is 5.82. The summed E-state index contributed by atoms with van der Waals surface area (Å²) in [4.78, 5) is 0. The van der Waals surface area contributed by atoms with Crippen LogP contribution in [0.2, 0.25) is 0 Å². The first-order valence-electron chi connectivity index (χ1n) is 8.73. The van der Waals surface area contributed by atoms with Crippen molar-refractivity contribution < 1.29 is 4.74 Å². The number of para-hydroxylation sites is 2. The zero-order valence-corrected chi connectivity index (χ0v) is 14.2. The van der Waals surface area contributed by atoms with Crippen LogP contribution >= 0.6 is 0 Å². The second-order valence-corrected chi connectivity index (χ2v) is 6.06. The Bertz CT molecular complexity index is 362. The topological polar surface area (TPSA) is 21.3 Å². The molecule has 0 atom stereocenters. The Kier molecular flexibility index (Phi) is 9.77. The molecule has 1 rings (SSSR count). The van der Waals surface area contributed by atoms with Crippen molar-refractivity contribution in [2.45, 2.75) is 78.2 Å². The van der Waals surface area contributed by atoms with Gasteiger partial charge >= 0.3 is 0 Å². The van der Waals surface area contributed by atoms with Crippen LogP contribution in [0.3, 0.4) is 0 Å². The van der Waals surface area contributed by atoms with Crippen molar-refractivity contribution in [1.82, 2.24) is 0 Å². The monoisotopic (exact) mass is 291 g/mol. The molecule has 21 heavy (non-hydrogen) atoms. The van der Waals surface area contributed by atoms with Crippen molar-refractivity contribution >= 4 is 5.69 Å². The zero-order valence-electron chi connectivity index (χ0n) is 14.2. The van der Waals surface area contributed by atoms with Crippen molar-refractivity contribution in [2.24, 2.45) is 0 Å². The lowest BCUT2D eigenvalue weighted by Crippen LogP contribution is -2.09. The van der Waals surface area contributed by atoms with Crippen LogP contribution in [0.15, 0.2) is 24.3 Å². The minimum Gasteiger partial charge on any atom is -0.489 e. The van der Waals surface area contributed by atoms with Crippen LogP contribution in [0.5, 0.6) is 5.75 Å². The molecular formula is C19H33NO. The third-order valence-electron chi connectivity index (χ3n) is 3.60. The first kappa shape index (κ1) is 17.9. The Balaban J connectivity index is 2.12. The summed E-state index contributed by atoms with van der Waals surface area (Å²) in [5.74, 6) is 0.965. The van der Waals surface area contributed by atoms with Crippen LogP contribution in [-0.2, 0) is 0 Å². The van der Waals surface area contributed by atoms with Crippen LogP contribution in [0.25, 0.3) is 0 Å². The molecule has 1 aromatic rings. The number of hydrogen-bond donors (Lipinski definition) is 1. The Hall–Kier alpha value is -1.18. The fourth-order valence-corrected chi connectivity index (χ4v) is 2.45. The van der Waals surface area contributed by atoms with E-state index in [9.17, 15) is 0 Å². The molecule has 0 unspecified atom stereocenters. The second kappa shape index (κ2) is 11.5. The lowest BCUT2D eigenvalue weighted by atomic mass is 10.1. The van der Waals surface area contributed by atoms with Gasteiger partial charge < -0.3 is 10.1 Å². The normalized spacial score (nSPS) is 10.9. The molecule has 0 fully saturated rings. The molecule has 0 saturated carbocycles. The number of nitrogens with one attached hydrogen (secondary N) is 1. The maximum atomic E-state index is 5.82. The van der Waals surface area contributed by atoms with Gasteiger partial charge in [-0.05, 0) is 32.4 Å². The van der Waals surface area contributed by atoms with Crippen LogP contribution in [-0.4, -0.2) is 12.6 Å². The number of anilines is 1. The molecule has 2 nitrogen and oxygen atoms in total. The predicted octanol–water partition coefficient (Wildman–Crippen LogP) is 6.03. The summed E-state index contributed by atoms with van der Waals surface area (Å²) >= 11 is 0. The quantitative estimate of drug-likeness (QED) is 0.475. The van der Waals surface area contributed by atoms with E-state index in [1.165, 1.54) is 51.4 Å². The van der Waals surface area contributed by atoms with E-state index in [1.54, 1.807) is 0 Å². The number of unbranched alkanes of at least 4 members (excludes halogenated alkanes) is 7. The first-order valence-corrected chi connectivity index (χ1v) is 8.73. The second-order valence-electron chi connectivity index (χ2n) is 6.06. The molecule has 0 aliphatic carbocycles. The molecule has 0 aliphatic heterocycles. The zero-order chi connectivity index (χ0) is 15.3. The average Bonchev–Trinajstić information content (AvgIpc) is 2.46. The third kappa shape index (κ3) is 8.64. The van der Waals surface area contributed by atoms with Gasteiger partial charge in [-0.15, -0.1) is 0 Å².